The molecule has 3 heterocycles. The van der Waals surface area contributed by atoms with E-state index >= 15 is 0 Å². The highest BCUT2D eigenvalue weighted by Crippen LogP contribution is 2.47. The molecule has 3 amide bonds. The van der Waals surface area contributed by atoms with Crippen molar-refractivity contribution in [3.05, 3.63) is 65.7 Å². The van der Waals surface area contributed by atoms with Gasteiger partial charge in [-0.25, -0.2) is 0 Å². The van der Waals surface area contributed by atoms with Gasteiger partial charge < -0.3 is 36.4 Å². The summed E-state index contributed by atoms with van der Waals surface area (Å²) in [4.78, 5) is 41.1. The zero-order chi connectivity index (χ0) is 30.4. The Morgan fingerprint density at radius 2 is 1.60 bits per heavy atom. The van der Waals surface area contributed by atoms with Gasteiger partial charge >= 0.3 is 0 Å². The molecule has 0 aromatic heterocycles. The summed E-state index contributed by atoms with van der Waals surface area (Å²) in [7, 11) is 0. The molecule has 10 heteroatoms. The Kier molecular flexibility index (Phi) is 9.92. The minimum absolute atomic E-state index is 0.000419. The number of nitrogens with one attached hydrogen (secondary N) is 4. The van der Waals surface area contributed by atoms with E-state index in [1.165, 1.54) is 0 Å². The number of benzene rings is 2. The fourth-order valence-corrected chi connectivity index (χ4v) is 6.21. The topological polar surface area (TPSA) is 143 Å². The van der Waals surface area contributed by atoms with Gasteiger partial charge in [-0.05, 0) is 81.1 Å². The first kappa shape index (κ1) is 30.9. The smallest absolute Gasteiger partial charge is 0.264 e. The molecule has 2 aromatic carbocycles. The van der Waals surface area contributed by atoms with Crippen molar-refractivity contribution < 1.29 is 24.6 Å². The van der Waals surface area contributed by atoms with Gasteiger partial charge in [0.15, 0.2) is 5.60 Å². The summed E-state index contributed by atoms with van der Waals surface area (Å²) >= 11 is 0. The normalized spacial score (nSPS) is 24.5. The fraction of sp³-hybridized carbons (Fsp3) is 0.485. The van der Waals surface area contributed by atoms with Crippen molar-refractivity contribution in [2.45, 2.75) is 51.2 Å². The number of hydrogen-bond donors (Lipinski definition) is 6. The maximum Gasteiger partial charge on any atom is 0.264 e. The van der Waals surface area contributed by atoms with Crippen LogP contribution in [0.25, 0.3) is 0 Å². The largest absolute Gasteiger partial charge is 0.396 e. The Balaban J connectivity index is 1.36. The first-order chi connectivity index (χ1) is 20.8. The minimum Gasteiger partial charge on any atom is -0.396 e. The lowest BCUT2D eigenvalue weighted by Crippen LogP contribution is -2.44. The first-order valence-corrected chi connectivity index (χ1v) is 15.4. The molecule has 4 atom stereocenters. The van der Waals surface area contributed by atoms with Crippen LogP contribution in [-0.2, 0) is 26.5 Å². The molecule has 0 aliphatic carbocycles. The van der Waals surface area contributed by atoms with Crippen LogP contribution in [-0.4, -0.2) is 60.7 Å². The predicted octanol–water partition coefficient (Wildman–Crippen LogP) is 2.87. The van der Waals surface area contributed by atoms with Gasteiger partial charge in [0.25, 0.3) is 5.91 Å². The summed E-state index contributed by atoms with van der Waals surface area (Å²) in [6, 6.07) is 12.6. The monoisotopic (exact) mass is 589 g/mol. The molecule has 0 saturated carbocycles. The third kappa shape index (κ3) is 6.83. The lowest BCUT2D eigenvalue weighted by molar-refractivity contribution is -0.139. The number of fused-ring (bicyclic) bond motifs is 1. The van der Waals surface area contributed by atoms with Crippen LogP contribution in [0.15, 0.2) is 54.6 Å². The van der Waals surface area contributed by atoms with Crippen molar-refractivity contribution in [2.24, 2.45) is 17.8 Å². The number of nitrogens with zero attached hydrogens (tertiary/aromatic N) is 1. The third-order valence-electron chi connectivity index (χ3n) is 8.81. The number of carbonyl (C=O) groups is 3. The molecule has 10 nitrogen and oxygen atoms in total. The molecule has 3 aliphatic heterocycles. The maximum atomic E-state index is 14.0. The first-order valence-electron chi connectivity index (χ1n) is 15.4. The summed E-state index contributed by atoms with van der Waals surface area (Å²) in [5, 5.41) is 33.7. The number of aliphatic hydroxyl groups excluding tert-OH is 1. The van der Waals surface area contributed by atoms with Crippen LogP contribution in [0.5, 0.6) is 0 Å². The van der Waals surface area contributed by atoms with Crippen molar-refractivity contribution in [2.75, 3.05) is 48.3 Å². The quantitative estimate of drug-likeness (QED) is 0.234. The van der Waals surface area contributed by atoms with E-state index in [0.717, 1.165) is 44.3 Å². The van der Waals surface area contributed by atoms with E-state index in [-0.39, 0.29) is 36.8 Å². The molecule has 43 heavy (non-hydrogen) atoms. The van der Waals surface area contributed by atoms with E-state index in [4.69, 9.17) is 0 Å². The van der Waals surface area contributed by atoms with Crippen molar-refractivity contribution in [1.82, 2.24) is 10.6 Å². The van der Waals surface area contributed by atoms with E-state index < -0.39 is 17.4 Å². The second-order valence-electron chi connectivity index (χ2n) is 11.9. The van der Waals surface area contributed by atoms with Crippen LogP contribution in [0, 0.1) is 17.8 Å². The van der Waals surface area contributed by atoms with Crippen LogP contribution in [0.2, 0.25) is 0 Å². The van der Waals surface area contributed by atoms with E-state index in [1.807, 2.05) is 24.3 Å². The van der Waals surface area contributed by atoms with Crippen LogP contribution < -0.4 is 26.2 Å². The van der Waals surface area contributed by atoms with Gasteiger partial charge in [0.2, 0.25) is 11.8 Å². The molecule has 3 aliphatic rings. The number of amides is 3. The van der Waals surface area contributed by atoms with Gasteiger partial charge in [-0.15, -0.1) is 0 Å². The standard InChI is InChI=1S/C33H43N5O5/c1-22(6-2-3-17-39)33(43)28-18-27(37-31(41)25-8-5-16-35-20-25)13-14-29(28)38(32(33)42)21-23-9-11-26(12-10-23)36-30(40)24-7-4-15-34-19-24/h2,6,9-14,18,22,24-25,34-35,39,43H,3-5,7-8,15-17,19-21H2,1H3,(H,36,40)(H,37,41)/b6-2+/t22-,24?,25?,33+/m1/s1. The van der Waals surface area contributed by atoms with Gasteiger partial charge in [0.05, 0.1) is 24.1 Å². The Morgan fingerprint density at radius 3 is 2.19 bits per heavy atom. The molecule has 2 unspecified atom stereocenters. The summed E-state index contributed by atoms with van der Waals surface area (Å²) in [6.07, 6.45) is 7.53. The minimum atomic E-state index is -1.85. The van der Waals surface area contributed by atoms with Crippen LogP contribution >= 0.6 is 0 Å². The number of aliphatic hydroxyl groups is 2. The van der Waals surface area contributed by atoms with Crippen molar-refractivity contribution in [3.63, 3.8) is 0 Å². The van der Waals surface area contributed by atoms with Crippen LogP contribution in [0.1, 0.15) is 50.2 Å². The van der Waals surface area contributed by atoms with E-state index in [9.17, 15) is 24.6 Å². The number of anilines is 3. The molecule has 6 N–H and O–H groups in total. The fourth-order valence-electron chi connectivity index (χ4n) is 6.21. The Labute approximate surface area is 252 Å². The van der Waals surface area contributed by atoms with Crippen molar-refractivity contribution in [1.29, 1.82) is 0 Å². The highest BCUT2D eigenvalue weighted by molar-refractivity contribution is 6.08. The second kappa shape index (κ2) is 13.8. The predicted molar refractivity (Wildman–Crippen MR) is 166 cm³/mol. The average Bonchev–Trinajstić information content (AvgIpc) is 3.25. The molecular formula is C33H43N5O5. The third-order valence-corrected chi connectivity index (χ3v) is 8.81. The molecule has 0 bridgehead atoms. The Bertz CT molecular complexity index is 1330. The highest BCUT2D eigenvalue weighted by Gasteiger charge is 2.52. The van der Waals surface area contributed by atoms with E-state index in [0.29, 0.717) is 42.1 Å². The zero-order valence-electron chi connectivity index (χ0n) is 24.8. The van der Waals surface area contributed by atoms with Crippen molar-refractivity contribution >= 4 is 34.8 Å². The van der Waals surface area contributed by atoms with Gasteiger partial charge in [-0.3, -0.25) is 14.4 Å². The Hall–Kier alpha value is -3.57. The molecule has 230 valence electrons. The van der Waals surface area contributed by atoms with Crippen LogP contribution in [0.3, 0.4) is 0 Å². The summed E-state index contributed by atoms with van der Waals surface area (Å²) in [5.41, 5.74) is 1.22. The molecule has 0 radical (unpaired) electrons. The Morgan fingerprint density at radius 1 is 1.00 bits per heavy atom. The molecule has 2 aromatic rings. The molecule has 2 fully saturated rings. The number of hydrogen-bond acceptors (Lipinski definition) is 7. The number of rotatable bonds is 10. The van der Waals surface area contributed by atoms with Crippen LogP contribution in [0.4, 0.5) is 17.1 Å². The lowest BCUT2D eigenvalue weighted by Gasteiger charge is -2.28. The number of piperidine rings is 2. The highest BCUT2D eigenvalue weighted by atomic mass is 16.3. The van der Waals surface area contributed by atoms with E-state index in [1.54, 1.807) is 42.2 Å². The van der Waals surface area contributed by atoms with Gasteiger partial charge in [-0.1, -0.05) is 31.2 Å². The maximum absolute atomic E-state index is 14.0. The molecule has 2 saturated heterocycles. The van der Waals surface area contributed by atoms with Gasteiger partial charge in [0, 0.05) is 42.6 Å². The molecule has 5 rings (SSSR count). The van der Waals surface area contributed by atoms with Gasteiger partial charge in [0.1, 0.15) is 0 Å². The zero-order valence-corrected chi connectivity index (χ0v) is 24.8. The van der Waals surface area contributed by atoms with Crippen molar-refractivity contribution in [3.8, 4) is 0 Å². The summed E-state index contributed by atoms with van der Waals surface area (Å²) in [6.45, 7) is 5.12. The van der Waals surface area contributed by atoms with Gasteiger partial charge in [-0.2, -0.15) is 0 Å². The summed E-state index contributed by atoms with van der Waals surface area (Å²) < 4.78 is 0. The van der Waals surface area contributed by atoms with E-state index in [2.05, 4.69) is 21.3 Å². The molecule has 0 spiro atoms. The number of carbonyl (C=O) groups excluding carboxylic acids is 3. The lowest BCUT2D eigenvalue weighted by atomic mass is 9.82. The SMILES string of the molecule is C[C@H](/C=C/CCO)[C@@]1(O)C(=O)N(Cc2ccc(NC(=O)C3CCCNC3)cc2)c2ccc(NC(=O)C3CCCNC3)cc21. The average molecular weight is 590 g/mol. The summed E-state index contributed by atoms with van der Waals surface area (Å²) in [5.74, 6) is -1.31. The second-order valence-corrected chi connectivity index (χ2v) is 11.9. The molecular weight excluding hydrogens is 546 g/mol.